The predicted octanol–water partition coefficient (Wildman–Crippen LogP) is 3.53. The number of carbonyl (C=O) groups is 1. The lowest BCUT2D eigenvalue weighted by Crippen LogP contribution is -2.35. The molecule has 0 spiro atoms. The smallest absolute Gasteiger partial charge is 0.248 e. The Hall–Kier alpha value is -4.14. The summed E-state index contributed by atoms with van der Waals surface area (Å²) in [5.74, 6) is -0.229. The molecule has 3 N–H and O–H groups in total. The molecule has 4 rings (SSSR count). The molecule has 2 aromatic heterocycles. The highest BCUT2D eigenvalue weighted by atomic mass is 16.5. The first-order valence-corrected chi connectivity index (χ1v) is 11.9. The molecule has 1 aromatic carbocycles. The first-order chi connectivity index (χ1) is 17.7. The van der Waals surface area contributed by atoms with Crippen molar-refractivity contribution in [1.29, 1.82) is 0 Å². The summed E-state index contributed by atoms with van der Waals surface area (Å²) in [4.78, 5) is 27.8. The van der Waals surface area contributed by atoms with Crippen molar-refractivity contribution in [3.8, 4) is 0 Å². The largest absolute Gasteiger partial charge is 0.404 e. The maximum absolute atomic E-state index is 12.6. The van der Waals surface area contributed by atoms with E-state index in [1.165, 1.54) is 17.8 Å². The standard InChI is InChI=1S/C28H30N6O2/c29-17-24(19-31-20-26-3-1-2-11-32-26)27-10-12-30-18-23(27)6-9-28(35)33-25-7-4-22(5-8-25)21-34-13-15-36-16-14-34/h1-12,17-19H,13-16,20-21,29H2,(H,33,35)/b9-6+,24-17?,31-19?. The lowest BCUT2D eigenvalue weighted by molar-refractivity contribution is -0.111. The molecule has 1 fully saturated rings. The number of allylic oxidation sites excluding steroid dienone is 1. The van der Waals surface area contributed by atoms with Crippen LogP contribution in [0.15, 0.2) is 84.4 Å². The summed E-state index contributed by atoms with van der Waals surface area (Å²) in [6, 6.07) is 15.5. The zero-order chi connectivity index (χ0) is 25.0. The van der Waals surface area contributed by atoms with Gasteiger partial charge in [0.2, 0.25) is 5.91 Å². The number of hydrogen-bond acceptors (Lipinski definition) is 7. The summed E-state index contributed by atoms with van der Waals surface area (Å²) in [6.45, 7) is 4.76. The Bertz CT molecular complexity index is 1220. The summed E-state index contributed by atoms with van der Waals surface area (Å²) >= 11 is 0. The summed E-state index contributed by atoms with van der Waals surface area (Å²) < 4.78 is 5.40. The number of carbonyl (C=O) groups excluding carboxylic acids is 1. The van der Waals surface area contributed by atoms with Crippen LogP contribution in [0, 0.1) is 0 Å². The van der Waals surface area contributed by atoms with Gasteiger partial charge in [0.1, 0.15) is 0 Å². The van der Waals surface area contributed by atoms with Crippen LogP contribution >= 0.6 is 0 Å². The van der Waals surface area contributed by atoms with Gasteiger partial charge in [0.05, 0.1) is 25.5 Å². The van der Waals surface area contributed by atoms with Gasteiger partial charge >= 0.3 is 0 Å². The van der Waals surface area contributed by atoms with Crippen LogP contribution in [-0.4, -0.2) is 53.3 Å². The van der Waals surface area contributed by atoms with Gasteiger partial charge in [-0.2, -0.15) is 0 Å². The van der Waals surface area contributed by atoms with Crippen molar-refractivity contribution in [3.05, 3.63) is 102 Å². The van der Waals surface area contributed by atoms with Crippen molar-refractivity contribution in [2.24, 2.45) is 10.7 Å². The van der Waals surface area contributed by atoms with Crippen LogP contribution in [0.1, 0.15) is 22.4 Å². The number of rotatable bonds is 9. The molecule has 0 atom stereocenters. The Labute approximate surface area is 211 Å². The highest BCUT2D eigenvalue weighted by molar-refractivity contribution is 6.11. The van der Waals surface area contributed by atoms with E-state index >= 15 is 0 Å². The van der Waals surface area contributed by atoms with E-state index in [1.807, 2.05) is 48.5 Å². The number of benzene rings is 1. The minimum absolute atomic E-state index is 0.229. The number of pyridine rings is 2. The van der Waals surface area contributed by atoms with Gasteiger partial charge < -0.3 is 15.8 Å². The van der Waals surface area contributed by atoms with E-state index in [-0.39, 0.29) is 5.91 Å². The van der Waals surface area contributed by atoms with Gasteiger partial charge in [-0.3, -0.25) is 24.7 Å². The molecule has 1 aliphatic rings. The van der Waals surface area contributed by atoms with E-state index in [2.05, 4.69) is 25.2 Å². The Morgan fingerprint density at radius 2 is 1.94 bits per heavy atom. The number of anilines is 1. The monoisotopic (exact) mass is 482 g/mol. The van der Waals surface area contributed by atoms with Crippen molar-refractivity contribution in [2.75, 3.05) is 31.6 Å². The lowest BCUT2D eigenvalue weighted by Gasteiger charge is -2.26. The molecule has 8 heteroatoms. The Morgan fingerprint density at radius 3 is 2.69 bits per heavy atom. The van der Waals surface area contributed by atoms with E-state index in [1.54, 1.807) is 30.9 Å². The van der Waals surface area contributed by atoms with Crippen LogP contribution < -0.4 is 11.1 Å². The normalized spacial score (nSPS) is 14.9. The van der Waals surface area contributed by atoms with Crippen molar-refractivity contribution in [3.63, 3.8) is 0 Å². The minimum Gasteiger partial charge on any atom is -0.404 e. The number of nitrogens with zero attached hydrogens (tertiary/aromatic N) is 4. The van der Waals surface area contributed by atoms with Gasteiger partial charge in [0, 0.05) is 73.5 Å². The Morgan fingerprint density at radius 1 is 1.11 bits per heavy atom. The number of nitrogens with two attached hydrogens (primary N) is 1. The topological polar surface area (TPSA) is 106 Å². The molecular formula is C28H30N6O2. The SMILES string of the molecule is NC=C(C=NCc1ccccn1)c1ccncc1/C=C/C(=O)Nc1ccc(CN2CCOCC2)cc1. The first-order valence-electron chi connectivity index (χ1n) is 11.9. The molecule has 8 nitrogen and oxygen atoms in total. The summed E-state index contributed by atoms with van der Waals surface area (Å²) in [5, 5.41) is 2.91. The number of nitrogens with one attached hydrogen (secondary N) is 1. The van der Waals surface area contributed by atoms with Crippen LogP contribution in [0.25, 0.3) is 11.6 Å². The molecule has 1 saturated heterocycles. The van der Waals surface area contributed by atoms with Gasteiger partial charge in [-0.15, -0.1) is 0 Å². The molecule has 1 aliphatic heterocycles. The van der Waals surface area contributed by atoms with Crippen molar-refractivity contribution in [1.82, 2.24) is 14.9 Å². The second-order valence-electron chi connectivity index (χ2n) is 8.28. The van der Waals surface area contributed by atoms with E-state index in [0.717, 1.165) is 60.9 Å². The molecular weight excluding hydrogens is 452 g/mol. The number of hydrogen-bond donors (Lipinski definition) is 2. The zero-order valence-electron chi connectivity index (χ0n) is 20.1. The van der Waals surface area contributed by atoms with Crippen LogP contribution in [0.4, 0.5) is 5.69 Å². The molecule has 0 aliphatic carbocycles. The number of ether oxygens (including phenoxy) is 1. The second-order valence-corrected chi connectivity index (χ2v) is 8.28. The van der Waals surface area contributed by atoms with E-state index in [0.29, 0.717) is 6.54 Å². The molecule has 3 heterocycles. The van der Waals surface area contributed by atoms with Gasteiger partial charge in [-0.1, -0.05) is 18.2 Å². The van der Waals surface area contributed by atoms with E-state index in [9.17, 15) is 4.79 Å². The van der Waals surface area contributed by atoms with Crippen molar-refractivity contribution in [2.45, 2.75) is 13.1 Å². The third kappa shape index (κ3) is 7.43. The third-order valence-corrected chi connectivity index (χ3v) is 5.70. The fourth-order valence-corrected chi connectivity index (χ4v) is 3.79. The number of amides is 1. The van der Waals surface area contributed by atoms with Crippen molar-refractivity contribution < 1.29 is 9.53 Å². The van der Waals surface area contributed by atoms with Gasteiger partial charge in [-0.25, -0.2) is 0 Å². The van der Waals surface area contributed by atoms with Crippen LogP contribution in [0.2, 0.25) is 0 Å². The highest BCUT2D eigenvalue weighted by Gasteiger charge is 2.10. The second kappa shape index (κ2) is 13.1. The molecule has 36 heavy (non-hydrogen) atoms. The summed E-state index contributed by atoms with van der Waals surface area (Å²) in [5.41, 5.74) is 11.0. The maximum Gasteiger partial charge on any atom is 0.248 e. The van der Waals surface area contributed by atoms with E-state index in [4.69, 9.17) is 10.5 Å². The average molecular weight is 483 g/mol. The van der Waals surface area contributed by atoms with Crippen LogP contribution in [0.3, 0.4) is 0 Å². The summed E-state index contributed by atoms with van der Waals surface area (Å²) in [7, 11) is 0. The predicted molar refractivity (Wildman–Crippen MR) is 143 cm³/mol. The van der Waals surface area contributed by atoms with Crippen molar-refractivity contribution >= 4 is 29.5 Å². The quantitative estimate of drug-likeness (QED) is 0.357. The van der Waals surface area contributed by atoms with Gasteiger partial charge in [-0.05, 0) is 47.5 Å². The highest BCUT2D eigenvalue weighted by Crippen LogP contribution is 2.18. The zero-order valence-corrected chi connectivity index (χ0v) is 20.1. The lowest BCUT2D eigenvalue weighted by atomic mass is 10.0. The van der Waals surface area contributed by atoms with E-state index < -0.39 is 0 Å². The number of aromatic nitrogens is 2. The molecule has 0 unspecified atom stereocenters. The molecule has 3 aromatic rings. The molecule has 0 radical (unpaired) electrons. The summed E-state index contributed by atoms with van der Waals surface area (Å²) in [6.07, 6.45) is 11.5. The molecule has 1 amide bonds. The Balaban J connectivity index is 1.36. The molecule has 184 valence electrons. The average Bonchev–Trinajstić information content (AvgIpc) is 2.92. The van der Waals surface area contributed by atoms with Gasteiger partial charge in [0.15, 0.2) is 0 Å². The Kier molecular flexibility index (Phi) is 9.07. The maximum atomic E-state index is 12.6. The molecule has 0 bridgehead atoms. The van der Waals surface area contributed by atoms with Gasteiger partial charge in [0.25, 0.3) is 0 Å². The number of morpholine rings is 1. The van der Waals surface area contributed by atoms with Crippen LogP contribution in [0.5, 0.6) is 0 Å². The fraction of sp³-hybridized carbons (Fsp3) is 0.214. The fourth-order valence-electron chi connectivity index (χ4n) is 3.79. The first kappa shape index (κ1) is 25.0. The minimum atomic E-state index is -0.229. The number of aliphatic imine (C=N–C) groups is 1. The van der Waals surface area contributed by atoms with Crippen LogP contribution in [-0.2, 0) is 22.6 Å². The third-order valence-electron chi connectivity index (χ3n) is 5.70. The molecule has 0 saturated carbocycles.